The lowest BCUT2D eigenvalue weighted by molar-refractivity contribution is 0.0287. The average Bonchev–Trinajstić information content (AvgIpc) is 2.86. The van der Waals surface area contributed by atoms with Crippen LogP contribution in [0.15, 0.2) is 18.7 Å². The minimum absolute atomic E-state index is 0.198. The third-order valence-corrected chi connectivity index (χ3v) is 2.97. The van der Waals surface area contributed by atoms with Gasteiger partial charge in [0, 0.05) is 32.0 Å². The molecule has 0 spiro atoms. The quantitative estimate of drug-likeness (QED) is 0.809. The maximum absolute atomic E-state index is 11.9. The van der Waals surface area contributed by atoms with Gasteiger partial charge in [0.05, 0.1) is 6.33 Å². The Hall–Kier alpha value is -1.52. The van der Waals surface area contributed by atoms with Gasteiger partial charge in [-0.25, -0.2) is 9.78 Å². The molecule has 1 fully saturated rings. The van der Waals surface area contributed by atoms with Crippen molar-refractivity contribution in [3.05, 3.63) is 18.7 Å². The number of likely N-dealkylation sites (tertiary alicyclic amines) is 1. The van der Waals surface area contributed by atoms with Crippen LogP contribution in [0.4, 0.5) is 4.79 Å². The van der Waals surface area contributed by atoms with Crippen molar-refractivity contribution in [3.63, 3.8) is 0 Å². The van der Waals surface area contributed by atoms with Gasteiger partial charge in [-0.2, -0.15) is 0 Å². The van der Waals surface area contributed by atoms with Crippen molar-refractivity contribution in [1.29, 1.82) is 0 Å². The molecule has 2 heterocycles. The third-order valence-electron chi connectivity index (χ3n) is 2.97. The van der Waals surface area contributed by atoms with Crippen LogP contribution >= 0.6 is 0 Å². The highest BCUT2D eigenvalue weighted by molar-refractivity contribution is 5.68. The Labute approximate surface area is 108 Å². The SMILES string of the molecule is CC(C)(C)OC(=O)N1CCC(Cn2ccnc2)C1. The minimum Gasteiger partial charge on any atom is -0.444 e. The highest BCUT2D eigenvalue weighted by Crippen LogP contribution is 2.20. The van der Waals surface area contributed by atoms with Crippen molar-refractivity contribution < 1.29 is 9.53 Å². The summed E-state index contributed by atoms with van der Waals surface area (Å²) in [7, 11) is 0. The molecule has 1 unspecified atom stereocenters. The maximum Gasteiger partial charge on any atom is 0.410 e. The van der Waals surface area contributed by atoms with Gasteiger partial charge in [0.15, 0.2) is 0 Å². The number of imidazole rings is 1. The van der Waals surface area contributed by atoms with Gasteiger partial charge in [0.2, 0.25) is 0 Å². The molecule has 1 aliphatic heterocycles. The zero-order chi connectivity index (χ0) is 13.2. The van der Waals surface area contributed by atoms with Gasteiger partial charge in [0.1, 0.15) is 5.60 Å². The molecule has 0 radical (unpaired) electrons. The number of amides is 1. The molecule has 5 heteroatoms. The van der Waals surface area contributed by atoms with Crippen molar-refractivity contribution in [3.8, 4) is 0 Å². The first-order chi connectivity index (χ1) is 8.44. The van der Waals surface area contributed by atoms with Crippen LogP contribution in [0.3, 0.4) is 0 Å². The molecular weight excluding hydrogens is 230 g/mol. The monoisotopic (exact) mass is 251 g/mol. The molecule has 1 atom stereocenters. The van der Waals surface area contributed by atoms with E-state index in [0.717, 1.165) is 26.1 Å². The van der Waals surface area contributed by atoms with Gasteiger partial charge in [-0.05, 0) is 33.1 Å². The Balaban J connectivity index is 1.83. The summed E-state index contributed by atoms with van der Waals surface area (Å²) < 4.78 is 7.43. The van der Waals surface area contributed by atoms with Crippen LogP contribution < -0.4 is 0 Å². The van der Waals surface area contributed by atoms with Crippen LogP contribution in [0, 0.1) is 5.92 Å². The normalized spacial score (nSPS) is 20.2. The van der Waals surface area contributed by atoms with Crippen molar-refractivity contribution in [2.75, 3.05) is 13.1 Å². The van der Waals surface area contributed by atoms with E-state index in [4.69, 9.17) is 4.74 Å². The van der Waals surface area contributed by atoms with E-state index in [9.17, 15) is 4.79 Å². The molecule has 1 aromatic rings. The van der Waals surface area contributed by atoms with E-state index in [1.165, 1.54) is 0 Å². The fourth-order valence-electron chi connectivity index (χ4n) is 2.17. The molecule has 0 aromatic carbocycles. The lowest BCUT2D eigenvalue weighted by atomic mass is 10.1. The van der Waals surface area contributed by atoms with E-state index >= 15 is 0 Å². The van der Waals surface area contributed by atoms with E-state index in [0.29, 0.717) is 5.92 Å². The van der Waals surface area contributed by atoms with E-state index in [1.807, 2.05) is 33.3 Å². The number of carbonyl (C=O) groups excluding carboxylic acids is 1. The van der Waals surface area contributed by atoms with E-state index < -0.39 is 5.60 Å². The molecule has 5 nitrogen and oxygen atoms in total. The molecule has 1 saturated heterocycles. The molecule has 1 aromatic heterocycles. The summed E-state index contributed by atoms with van der Waals surface area (Å²) in [5, 5.41) is 0. The van der Waals surface area contributed by atoms with Crippen LogP contribution in [-0.2, 0) is 11.3 Å². The Kier molecular flexibility index (Phi) is 3.59. The molecule has 1 aliphatic rings. The standard InChI is InChI=1S/C13H21N3O2/c1-13(2,3)18-12(17)16-6-4-11(9-16)8-15-7-5-14-10-15/h5,7,10-11H,4,6,8-9H2,1-3H3. The number of carbonyl (C=O) groups is 1. The zero-order valence-electron chi connectivity index (χ0n) is 11.3. The van der Waals surface area contributed by atoms with Gasteiger partial charge in [-0.1, -0.05) is 0 Å². The van der Waals surface area contributed by atoms with Crippen LogP contribution in [0.2, 0.25) is 0 Å². The van der Waals surface area contributed by atoms with Gasteiger partial charge < -0.3 is 14.2 Å². The summed E-state index contributed by atoms with van der Waals surface area (Å²) in [6.45, 7) is 8.15. The first-order valence-electron chi connectivity index (χ1n) is 6.38. The minimum atomic E-state index is -0.417. The number of hydrogen-bond donors (Lipinski definition) is 0. The predicted octanol–water partition coefficient (Wildman–Crippen LogP) is 2.14. The topological polar surface area (TPSA) is 47.4 Å². The zero-order valence-corrected chi connectivity index (χ0v) is 11.3. The summed E-state index contributed by atoms with van der Waals surface area (Å²) in [6.07, 6.45) is 6.38. The second kappa shape index (κ2) is 5.00. The fraction of sp³-hybridized carbons (Fsp3) is 0.692. The third kappa shape index (κ3) is 3.48. The molecule has 18 heavy (non-hydrogen) atoms. The summed E-state index contributed by atoms with van der Waals surface area (Å²) in [5.41, 5.74) is -0.417. The lowest BCUT2D eigenvalue weighted by Gasteiger charge is -2.24. The first kappa shape index (κ1) is 12.9. The molecule has 100 valence electrons. The molecule has 2 rings (SSSR count). The number of ether oxygens (including phenoxy) is 1. The van der Waals surface area contributed by atoms with Crippen LogP contribution in [0.25, 0.3) is 0 Å². The number of aromatic nitrogens is 2. The van der Waals surface area contributed by atoms with Crippen molar-refractivity contribution in [2.24, 2.45) is 5.92 Å². The number of nitrogens with zero attached hydrogens (tertiary/aromatic N) is 3. The first-order valence-corrected chi connectivity index (χ1v) is 6.38. The Morgan fingerprint density at radius 1 is 1.50 bits per heavy atom. The Bertz CT molecular complexity index is 395. The fourth-order valence-corrected chi connectivity index (χ4v) is 2.17. The summed E-state index contributed by atoms with van der Waals surface area (Å²) in [4.78, 5) is 17.7. The average molecular weight is 251 g/mol. The molecule has 0 saturated carbocycles. The maximum atomic E-state index is 11.9. The molecular formula is C13H21N3O2. The summed E-state index contributed by atoms with van der Waals surface area (Å²) in [6, 6.07) is 0. The molecule has 0 N–H and O–H groups in total. The van der Waals surface area contributed by atoms with E-state index in [1.54, 1.807) is 11.1 Å². The van der Waals surface area contributed by atoms with Crippen LogP contribution in [0.5, 0.6) is 0 Å². The van der Waals surface area contributed by atoms with Crippen LogP contribution in [-0.4, -0.2) is 39.2 Å². The lowest BCUT2D eigenvalue weighted by Crippen LogP contribution is -2.35. The Morgan fingerprint density at radius 3 is 2.89 bits per heavy atom. The molecule has 0 bridgehead atoms. The van der Waals surface area contributed by atoms with Gasteiger partial charge in [0.25, 0.3) is 0 Å². The van der Waals surface area contributed by atoms with Gasteiger partial charge >= 0.3 is 6.09 Å². The summed E-state index contributed by atoms with van der Waals surface area (Å²) >= 11 is 0. The second-order valence-corrected chi connectivity index (χ2v) is 5.84. The van der Waals surface area contributed by atoms with Crippen molar-refractivity contribution in [2.45, 2.75) is 39.3 Å². The van der Waals surface area contributed by atoms with E-state index in [2.05, 4.69) is 9.55 Å². The predicted molar refractivity (Wildman–Crippen MR) is 68.1 cm³/mol. The second-order valence-electron chi connectivity index (χ2n) is 5.84. The highest BCUT2D eigenvalue weighted by Gasteiger charge is 2.29. The largest absolute Gasteiger partial charge is 0.444 e. The van der Waals surface area contributed by atoms with Crippen molar-refractivity contribution in [1.82, 2.24) is 14.5 Å². The smallest absolute Gasteiger partial charge is 0.410 e. The van der Waals surface area contributed by atoms with Gasteiger partial charge in [-0.15, -0.1) is 0 Å². The van der Waals surface area contributed by atoms with Crippen LogP contribution in [0.1, 0.15) is 27.2 Å². The Morgan fingerprint density at radius 2 is 2.28 bits per heavy atom. The molecule has 1 amide bonds. The van der Waals surface area contributed by atoms with Crippen molar-refractivity contribution >= 4 is 6.09 Å². The summed E-state index contributed by atoms with van der Waals surface area (Å²) in [5.74, 6) is 0.492. The van der Waals surface area contributed by atoms with E-state index in [-0.39, 0.29) is 6.09 Å². The number of hydrogen-bond acceptors (Lipinski definition) is 3. The number of rotatable bonds is 2. The molecule has 0 aliphatic carbocycles. The highest BCUT2D eigenvalue weighted by atomic mass is 16.6. The van der Waals surface area contributed by atoms with Gasteiger partial charge in [-0.3, -0.25) is 0 Å².